The summed E-state index contributed by atoms with van der Waals surface area (Å²) in [6.07, 6.45) is 3.82. The minimum absolute atomic E-state index is 0.0192. The SMILES string of the molecule is CC1(C)CC(O)=C[C@]2(C1)Oc1ccc(Br)cc1[C@H]1CC(c3ccc(F)cc3)=NN12. The lowest BCUT2D eigenvalue weighted by Crippen LogP contribution is -2.56. The zero-order valence-electron chi connectivity index (χ0n) is 16.3. The summed E-state index contributed by atoms with van der Waals surface area (Å²) in [6, 6.07) is 12.4. The number of nitrogens with zero attached hydrogens (tertiary/aromatic N) is 2. The molecular formula is C23H22BrFN2O2. The van der Waals surface area contributed by atoms with Crippen molar-refractivity contribution in [1.82, 2.24) is 5.01 Å². The predicted molar refractivity (Wildman–Crippen MR) is 113 cm³/mol. The summed E-state index contributed by atoms with van der Waals surface area (Å²) in [7, 11) is 0. The Labute approximate surface area is 177 Å². The number of rotatable bonds is 1. The second-order valence-corrected chi connectivity index (χ2v) is 9.82. The van der Waals surface area contributed by atoms with E-state index in [2.05, 4.69) is 35.8 Å². The third-order valence-corrected chi connectivity index (χ3v) is 6.37. The van der Waals surface area contributed by atoms with E-state index in [1.165, 1.54) is 12.1 Å². The molecule has 3 aliphatic rings. The van der Waals surface area contributed by atoms with Crippen molar-refractivity contribution < 1.29 is 14.2 Å². The summed E-state index contributed by atoms with van der Waals surface area (Å²) in [5, 5.41) is 17.5. The van der Waals surface area contributed by atoms with Crippen LogP contribution in [0.3, 0.4) is 0 Å². The van der Waals surface area contributed by atoms with Crippen LogP contribution >= 0.6 is 15.9 Å². The van der Waals surface area contributed by atoms with E-state index in [0.717, 1.165) is 27.1 Å². The maximum atomic E-state index is 13.4. The number of hydrazone groups is 1. The van der Waals surface area contributed by atoms with Crippen LogP contribution in [-0.4, -0.2) is 21.6 Å². The van der Waals surface area contributed by atoms with Gasteiger partial charge < -0.3 is 9.84 Å². The Morgan fingerprint density at radius 2 is 1.97 bits per heavy atom. The van der Waals surface area contributed by atoms with E-state index >= 15 is 0 Å². The van der Waals surface area contributed by atoms with E-state index in [9.17, 15) is 9.50 Å². The van der Waals surface area contributed by atoms with Crippen LogP contribution in [0.25, 0.3) is 0 Å². The molecule has 2 aromatic carbocycles. The lowest BCUT2D eigenvalue weighted by molar-refractivity contribution is -0.115. The van der Waals surface area contributed by atoms with Gasteiger partial charge in [-0.15, -0.1) is 0 Å². The average Bonchev–Trinajstić information content (AvgIpc) is 3.08. The van der Waals surface area contributed by atoms with Gasteiger partial charge in [-0.2, -0.15) is 5.10 Å². The second-order valence-electron chi connectivity index (χ2n) is 8.90. The number of ether oxygens (including phenoxy) is 1. The van der Waals surface area contributed by atoms with Crippen LogP contribution in [0, 0.1) is 11.2 Å². The normalized spacial score (nSPS) is 27.0. The van der Waals surface area contributed by atoms with E-state index in [1.807, 2.05) is 23.2 Å². The van der Waals surface area contributed by atoms with Crippen molar-refractivity contribution in [2.24, 2.45) is 10.5 Å². The average molecular weight is 457 g/mol. The fourth-order valence-electron chi connectivity index (χ4n) is 4.84. The lowest BCUT2D eigenvalue weighted by Gasteiger charge is -2.50. The van der Waals surface area contributed by atoms with Crippen molar-refractivity contribution in [3.63, 3.8) is 0 Å². The minimum Gasteiger partial charge on any atom is -0.512 e. The van der Waals surface area contributed by atoms with E-state index in [0.29, 0.717) is 25.0 Å². The molecule has 2 heterocycles. The standard InChI is InChI=1S/C23H22BrFN2O2/c1-22(2)11-17(28)12-23(13-22)27-20(18-9-15(24)5-8-21(18)29-23)10-19(26-27)14-3-6-16(25)7-4-14/h3-9,12,20,28H,10-11,13H2,1-2H3/t20-,23-/m1/s1. The van der Waals surface area contributed by atoms with Gasteiger partial charge in [-0.3, -0.25) is 0 Å². The quantitative estimate of drug-likeness (QED) is 0.564. The van der Waals surface area contributed by atoms with Gasteiger partial charge in [-0.25, -0.2) is 9.40 Å². The van der Waals surface area contributed by atoms with E-state index in [-0.39, 0.29) is 17.3 Å². The van der Waals surface area contributed by atoms with Gasteiger partial charge in [0.2, 0.25) is 5.72 Å². The van der Waals surface area contributed by atoms with Gasteiger partial charge in [0.25, 0.3) is 0 Å². The first-order chi connectivity index (χ1) is 13.7. The molecule has 2 aromatic rings. The van der Waals surface area contributed by atoms with Crippen LogP contribution in [0.4, 0.5) is 4.39 Å². The highest BCUT2D eigenvalue weighted by Gasteiger charge is 2.53. The van der Waals surface area contributed by atoms with Crippen molar-refractivity contribution in [3.8, 4) is 5.75 Å². The number of allylic oxidation sites excluding steroid dienone is 1. The third-order valence-electron chi connectivity index (χ3n) is 5.88. The molecule has 150 valence electrons. The highest BCUT2D eigenvalue weighted by atomic mass is 79.9. The fraction of sp³-hybridized carbons (Fsp3) is 0.348. The summed E-state index contributed by atoms with van der Waals surface area (Å²) in [5.74, 6) is 0.874. The molecule has 0 unspecified atom stereocenters. The summed E-state index contributed by atoms with van der Waals surface area (Å²) in [5.41, 5.74) is 1.86. The molecule has 0 aromatic heterocycles. The smallest absolute Gasteiger partial charge is 0.221 e. The van der Waals surface area contributed by atoms with Crippen molar-refractivity contribution in [2.75, 3.05) is 0 Å². The Balaban J connectivity index is 1.66. The van der Waals surface area contributed by atoms with Crippen LogP contribution < -0.4 is 4.74 Å². The topological polar surface area (TPSA) is 45.1 Å². The third kappa shape index (κ3) is 3.14. The molecule has 0 bridgehead atoms. The Morgan fingerprint density at radius 3 is 2.69 bits per heavy atom. The Bertz CT molecular complexity index is 1050. The summed E-state index contributed by atoms with van der Waals surface area (Å²) in [4.78, 5) is 0. The molecule has 0 saturated carbocycles. The number of benzene rings is 2. The van der Waals surface area contributed by atoms with E-state index in [4.69, 9.17) is 9.84 Å². The fourth-order valence-corrected chi connectivity index (χ4v) is 5.22. The first-order valence-corrected chi connectivity index (χ1v) is 10.6. The Hall–Kier alpha value is -2.34. The number of aliphatic hydroxyl groups is 1. The van der Waals surface area contributed by atoms with Crippen LogP contribution in [0.2, 0.25) is 0 Å². The van der Waals surface area contributed by atoms with Crippen LogP contribution in [0.1, 0.15) is 50.3 Å². The molecule has 5 rings (SSSR count). The monoisotopic (exact) mass is 456 g/mol. The molecule has 0 radical (unpaired) electrons. The number of hydrogen-bond donors (Lipinski definition) is 1. The largest absolute Gasteiger partial charge is 0.512 e. The Kier molecular flexibility index (Phi) is 4.07. The molecule has 0 saturated heterocycles. The zero-order valence-corrected chi connectivity index (χ0v) is 17.9. The van der Waals surface area contributed by atoms with Crippen molar-refractivity contribution in [3.05, 3.63) is 75.7 Å². The molecule has 1 aliphatic carbocycles. The van der Waals surface area contributed by atoms with Gasteiger partial charge in [0.15, 0.2) is 0 Å². The molecule has 2 aliphatic heterocycles. The number of hydrogen-bond acceptors (Lipinski definition) is 4. The molecule has 4 nitrogen and oxygen atoms in total. The first-order valence-electron chi connectivity index (χ1n) is 9.77. The number of aliphatic hydroxyl groups excluding tert-OH is 1. The highest BCUT2D eigenvalue weighted by Crippen LogP contribution is 2.53. The number of halogens is 2. The van der Waals surface area contributed by atoms with Gasteiger partial charge in [0, 0.05) is 35.4 Å². The summed E-state index contributed by atoms with van der Waals surface area (Å²) >= 11 is 3.57. The van der Waals surface area contributed by atoms with Crippen molar-refractivity contribution in [2.45, 2.75) is 44.9 Å². The van der Waals surface area contributed by atoms with E-state index in [1.54, 1.807) is 12.1 Å². The van der Waals surface area contributed by atoms with Crippen molar-refractivity contribution in [1.29, 1.82) is 0 Å². The van der Waals surface area contributed by atoms with Crippen LogP contribution in [-0.2, 0) is 0 Å². The zero-order chi connectivity index (χ0) is 20.4. The van der Waals surface area contributed by atoms with Gasteiger partial charge in [-0.05, 0) is 41.3 Å². The molecule has 6 heteroatoms. The Morgan fingerprint density at radius 1 is 1.21 bits per heavy atom. The molecule has 29 heavy (non-hydrogen) atoms. The van der Waals surface area contributed by atoms with Crippen LogP contribution in [0.15, 0.2) is 63.9 Å². The first kappa shape index (κ1) is 18.7. The maximum Gasteiger partial charge on any atom is 0.221 e. The molecule has 1 N–H and O–H groups in total. The molecular weight excluding hydrogens is 435 g/mol. The van der Waals surface area contributed by atoms with Gasteiger partial charge in [0.05, 0.1) is 17.5 Å². The van der Waals surface area contributed by atoms with Gasteiger partial charge in [-0.1, -0.05) is 41.9 Å². The van der Waals surface area contributed by atoms with Gasteiger partial charge in [0.1, 0.15) is 11.6 Å². The second kappa shape index (κ2) is 6.33. The molecule has 0 fully saturated rings. The highest BCUT2D eigenvalue weighted by molar-refractivity contribution is 9.10. The maximum absolute atomic E-state index is 13.4. The minimum atomic E-state index is -0.848. The molecule has 0 amide bonds. The lowest BCUT2D eigenvalue weighted by atomic mass is 9.75. The predicted octanol–water partition coefficient (Wildman–Crippen LogP) is 6.09. The molecule has 1 spiro atoms. The summed E-state index contributed by atoms with van der Waals surface area (Å²) in [6.45, 7) is 4.27. The van der Waals surface area contributed by atoms with Gasteiger partial charge >= 0.3 is 0 Å². The number of fused-ring (bicyclic) bond motifs is 4. The summed E-state index contributed by atoms with van der Waals surface area (Å²) < 4.78 is 20.9. The van der Waals surface area contributed by atoms with Crippen molar-refractivity contribution >= 4 is 21.6 Å². The molecule has 2 atom stereocenters. The van der Waals surface area contributed by atoms with E-state index < -0.39 is 5.72 Å². The van der Waals surface area contributed by atoms with Crippen LogP contribution in [0.5, 0.6) is 5.75 Å².